The van der Waals surface area contributed by atoms with Crippen LogP contribution in [0.15, 0.2) is 18.5 Å². The number of nitrogens with zero attached hydrogens (tertiary/aromatic N) is 4. The van der Waals surface area contributed by atoms with Gasteiger partial charge in [-0.2, -0.15) is 10.4 Å². The average Bonchev–Trinajstić information content (AvgIpc) is 2.90. The highest BCUT2D eigenvalue weighted by molar-refractivity contribution is 5.69. The molecule has 2 aromatic rings. The molecule has 3 rings (SSSR count). The molecule has 0 amide bonds. The molecule has 0 unspecified atom stereocenters. The Labute approximate surface area is 129 Å². The maximum absolute atomic E-state index is 9.11. The first-order valence-corrected chi connectivity index (χ1v) is 7.30. The lowest BCUT2D eigenvalue weighted by Crippen LogP contribution is -2.11. The van der Waals surface area contributed by atoms with E-state index in [0.29, 0.717) is 26.4 Å². The highest BCUT2D eigenvalue weighted by Crippen LogP contribution is 2.34. The second-order valence-electron chi connectivity index (χ2n) is 5.17. The normalized spacial score (nSPS) is 12.5. The molecule has 1 aliphatic carbocycles. The van der Waals surface area contributed by atoms with Crippen molar-refractivity contribution in [2.45, 2.75) is 26.0 Å². The second-order valence-corrected chi connectivity index (χ2v) is 5.17. The second kappa shape index (κ2) is 6.69. The number of fused-ring (bicyclic) bond motifs is 3. The summed E-state index contributed by atoms with van der Waals surface area (Å²) < 4.78 is 12.3. The van der Waals surface area contributed by atoms with Crippen LogP contribution in [-0.4, -0.2) is 35.1 Å². The Morgan fingerprint density at radius 3 is 3.09 bits per heavy atom. The summed E-state index contributed by atoms with van der Waals surface area (Å²) in [5, 5.41) is 13.8. The maximum atomic E-state index is 9.11. The fourth-order valence-electron chi connectivity index (χ4n) is 2.80. The van der Waals surface area contributed by atoms with E-state index in [1.54, 1.807) is 18.0 Å². The molecule has 22 heavy (non-hydrogen) atoms. The van der Waals surface area contributed by atoms with Crippen LogP contribution >= 0.6 is 0 Å². The van der Waals surface area contributed by atoms with E-state index in [1.165, 1.54) is 5.56 Å². The zero-order valence-corrected chi connectivity index (χ0v) is 12.6. The molecule has 0 saturated carbocycles. The smallest absolute Gasteiger partial charge is 0.139 e. The Kier molecular flexibility index (Phi) is 4.47. The molecule has 0 aromatic carbocycles. The van der Waals surface area contributed by atoms with Crippen LogP contribution < -0.4 is 0 Å². The quantitative estimate of drug-likeness (QED) is 0.759. The number of pyridine rings is 1. The summed E-state index contributed by atoms with van der Waals surface area (Å²) in [4.78, 5) is 4.18. The van der Waals surface area contributed by atoms with Gasteiger partial charge in [-0.05, 0) is 24.5 Å². The molecule has 0 saturated heterocycles. The van der Waals surface area contributed by atoms with Crippen LogP contribution in [-0.2, 0) is 35.5 Å². The maximum Gasteiger partial charge on any atom is 0.139 e. The van der Waals surface area contributed by atoms with E-state index < -0.39 is 0 Å². The number of hydrogen-bond acceptors (Lipinski definition) is 5. The SMILES string of the molecule is COCCOCn1nc2c(c1CC#N)CCc1cnccc1-2. The van der Waals surface area contributed by atoms with Gasteiger partial charge in [-0.15, -0.1) is 0 Å². The van der Waals surface area contributed by atoms with E-state index in [1.807, 2.05) is 12.3 Å². The summed E-state index contributed by atoms with van der Waals surface area (Å²) >= 11 is 0. The molecule has 2 aromatic heterocycles. The van der Waals surface area contributed by atoms with Gasteiger partial charge in [0, 0.05) is 30.6 Å². The molecule has 6 heteroatoms. The number of nitriles is 1. The van der Waals surface area contributed by atoms with Gasteiger partial charge >= 0.3 is 0 Å². The van der Waals surface area contributed by atoms with Gasteiger partial charge in [0.1, 0.15) is 6.73 Å². The van der Waals surface area contributed by atoms with E-state index in [0.717, 1.165) is 35.4 Å². The highest BCUT2D eigenvalue weighted by Gasteiger charge is 2.24. The van der Waals surface area contributed by atoms with Gasteiger partial charge in [-0.25, -0.2) is 4.68 Å². The van der Waals surface area contributed by atoms with Crippen molar-refractivity contribution < 1.29 is 9.47 Å². The van der Waals surface area contributed by atoms with Crippen molar-refractivity contribution in [2.75, 3.05) is 20.3 Å². The first-order valence-electron chi connectivity index (χ1n) is 7.30. The molecule has 0 radical (unpaired) electrons. The van der Waals surface area contributed by atoms with Gasteiger partial charge in [0.2, 0.25) is 0 Å². The summed E-state index contributed by atoms with van der Waals surface area (Å²) in [7, 11) is 1.64. The van der Waals surface area contributed by atoms with Gasteiger partial charge in [0.25, 0.3) is 0 Å². The van der Waals surface area contributed by atoms with Crippen LogP contribution in [0.3, 0.4) is 0 Å². The molecule has 0 spiro atoms. The monoisotopic (exact) mass is 298 g/mol. The third-order valence-electron chi connectivity index (χ3n) is 3.86. The van der Waals surface area contributed by atoms with Crippen molar-refractivity contribution >= 4 is 0 Å². The molecule has 6 nitrogen and oxygen atoms in total. The van der Waals surface area contributed by atoms with Crippen LogP contribution in [0.25, 0.3) is 11.3 Å². The predicted molar refractivity (Wildman–Crippen MR) is 80.0 cm³/mol. The highest BCUT2D eigenvalue weighted by atomic mass is 16.5. The predicted octanol–water partition coefficient (Wildman–Crippen LogP) is 1.73. The molecule has 2 heterocycles. The molecule has 0 bridgehead atoms. The molecule has 1 aliphatic rings. The van der Waals surface area contributed by atoms with Crippen molar-refractivity contribution in [2.24, 2.45) is 0 Å². The van der Waals surface area contributed by atoms with Crippen LogP contribution in [0.5, 0.6) is 0 Å². The van der Waals surface area contributed by atoms with Gasteiger partial charge < -0.3 is 9.47 Å². The third-order valence-corrected chi connectivity index (χ3v) is 3.86. The minimum atomic E-state index is 0.341. The van der Waals surface area contributed by atoms with Gasteiger partial charge in [0.15, 0.2) is 0 Å². The van der Waals surface area contributed by atoms with Crippen molar-refractivity contribution in [3.8, 4) is 17.3 Å². The van der Waals surface area contributed by atoms with Crippen LogP contribution in [0.1, 0.15) is 16.8 Å². The number of hydrogen-bond donors (Lipinski definition) is 0. The lowest BCUT2D eigenvalue weighted by molar-refractivity contribution is 0.0278. The first-order chi connectivity index (χ1) is 10.8. The molecule has 0 N–H and O–H groups in total. The summed E-state index contributed by atoms with van der Waals surface area (Å²) in [5.41, 5.74) is 5.41. The summed E-state index contributed by atoms with van der Waals surface area (Å²) in [6, 6.07) is 4.23. The Bertz CT molecular complexity index is 703. The third kappa shape index (κ3) is 2.73. The molecule has 0 fully saturated rings. The molecular weight excluding hydrogens is 280 g/mol. The lowest BCUT2D eigenvalue weighted by atomic mass is 9.90. The van der Waals surface area contributed by atoms with Crippen LogP contribution in [0.2, 0.25) is 0 Å². The van der Waals surface area contributed by atoms with Gasteiger partial charge in [-0.3, -0.25) is 4.98 Å². The van der Waals surface area contributed by atoms with Crippen molar-refractivity contribution in [1.29, 1.82) is 5.26 Å². The number of ether oxygens (including phenoxy) is 2. The number of aryl methyl sites for hydroxylation is 1. The lowest BCUT2D eigenvalue weighted by Gasteiger charge is -2.14. The fraction of sp³-hybridized carbons (Fsp3) is 0.438. The Hall–Kier alpha value is -2.23. The number of aromatic nitrogens is 3. The van der Waals surface area contributed by atoms with Crippen molar-refractivity contribution in [3.05, 3.63) is 35.3 Å². The van der Waals surface area contributed by atoms with E-state index >= 15 is 0 Å². The Morgan fingerprint density at radius 1 is 1.36 bits per heavy atom. The molecule has 0 aliphatic heterocycles. The van der Waals surface area contributed by atoms with Crippen molar-refractivity contribution in [1.82, 2.24) is 14.8 Å². The first kappa shape index (κ1) is 14.7. The van der Waals surface area contributed by atoms with E-state index in [2.05, 4.69) is 16.2 Å². The van der Waals surface area contributed by atoms with Crippen LogP contribution in [0, 0.1) is 11.3 Å². The summed E-state index contributed by atoms with van der Waals surface area (Å²) in [5.74, 6) is 0. The molecule has 114 valence electrons. The van der Waals surface area contributed by atoms with E-state index in [-0.39, 0.29) is 0 Å². The molecule has 0 atom stereocenters. The molecular formula is C16H18N4O2. The zero-order valence-electron chi connectivity index (χ0n) is 12.6. The number of methoxy groups -OCH3 is 1. The zero-order chi connectivity index (χ0) is 15.4. The van der Waals surface area contributed by atoms with Crippen molar-refractivity contribution in [3.63, 3.8) is 0 Å². The largest absolute Gasteiger partial charge is 0.382 e. The topological polar surface area (TPSA) is 73.0 Å². The standard InChI is InChI=1S/C16H18N4O2/c1-21-8-9-22-11-20-15(4-6-17)14-3-2-12-10-18-7-5-13(12)16(14)19-20/h5,7,10H,2-4,8-9,11H2,1H3. The summed E-state index contributed by atoms with van der Waals surface area (Å²) in [6.07, 6.45) is 5.85. The van der Waals surface area contributed by atoms with E-state index in [9.17, 15) is 0 Å². The minimum Gasteiger partial charge on any atom is -0.382 e. The summed E-state index contributed by atoms with van der Waals surface area (Å²) in [6.45, 7) is 1.39. The minimum absolute atomic E-state index is 0.341. The van der Waals surface area contributed by atoms with Crippen LogP contribution in [0.4, 0.5) is 0 Å². The van der Waals surface area contributed by atoms with Gasteiger partial charge in [-0.1, -0.05) is 0 Å². The van der Waals surface area contributed by atoms with E-state index in [4.69, 9.17) is 14.7 Å². The average molecular weight is 298 g/mol. The fourth-order valence-corrected chi connectivity index (χ4v) is 2.80. The Balaban J connectivity index is 1.92. The van der Waals surface area contributed by atoms with Gasteiger partial charge in [0.05, 0.1) is 37.1 Å². The Morgan fingerprint density at radius 2 is 2.27 bits per heavy atom. The number of rotatable bonds is 6.